The Morgan fingerprint density at radius 2 is 1.63 bits per heavy atom. The van der Waals surface area contributed by atoms with Crippen LogP contribution >= 0.6 is 0 Å². The van der Waals surface area contributed by atoms with Crippen molar-refractivity contribution in [2.75, 3.05) is 39.4 Å². The third-order valence-corrected chi connectivity index (χ3v) is 4.54. The fourth-order valence-electron chi connectivity index (χ4n) is 3.35. The Labute approximate surface area is 115 Å². The van der Waals surface area contributed by atoms with E-state index in [1.165, 1.54) is 12.8 Å². The molecule has 3 heterocycles. The molecule has 0 spiro atoms. The van der Waals surface area contributed by atoms with E-state index in [1.54, 1.807) is 0 Å². The number of hydrogen-bond acceptors (Lipinski definition) is 3. The number of urea groups is 1. The summed E-state index contributed by atoms with van der Waals surface area (Å²) in [6.07, 6.45) is 5.63. The number of ether oxygens (including phenoxy) is 1. The number of nitrogens with zero attached hydrogens (tertiary/aromatic N) is 2. The van der Waals surface area contributed by atoms with Crippen molar-refractivity contribution < 1.29 is 9.53 Å². The molecule has 0 aromatic heterocycles. The average molecular weight is 267 g/mol. The average Bonchev–Trinajstić information content (AvgIpc) is 3.12. The zero-order valence-corrected chi connectivity index (χ0v) is 11.6. The molecule has 19 heavy (non-hydrogen) atoms. The molecule has 3 rings (SSSR count). The van der Waals surface area contributed by atoms with Crippen LogP contribution in [-0.2, 0) is 4.74 Å². The van der Waals surface area contributed by atoms with Crippen LogP contribution in [0.1, 0.15) is 32.1 Å². The molecule has 5 nitrogen and oxygen atoms in total. The van der Waals surface area contributed by atoms with E-state index in [4.69, 9.17) is 4.74 Å². The summed E-state index contributed by atoms with van der Waals surface area (Å²) >= 11 is 0. The summed E-state index contributed by atoms with van der Waals surface area (Å²) in [6, 6.07) is 1.36. The largest absolute Gasteiger partial charge is 0.380 e. The number of carbonyl (C=O) groups excluding carboxylic acids is 1. The molecule has 0 radical (unpaired) electrons. The topological polar surface area (TPSA) is 44.8 Å². The second kappa shape index (κ2) is 6.09. The number of piperidine rings is 1. The summed E-state index contributed by atoms with van der Waals surface area (Å²) in [5, 5.41) is 3.67. The number of amides is 2. The first kappa shape index (κ1) is 13.2. The van der Waals surface area contributed by atoms with Crippen LogP contribution in [0.3, 0.4) is 0 Å². The maximum absolute atomic E-state index is 12.3. The number of hydrogen-bond donors (Lipinski definition) is 1. The molecule has 3 aliphatic heterocycles. The molecule has 0 aliphatic carbocycles. The first-order chi connectivity index (χ1) is 9.33. The lowest BCUT2D eigenvalue weighted by atomic mass is 10.0. The molecule has 0 saturated carbocycles. The van der Waals surface area contributed by atoms with Crippen LogP contribution in [0.4, 0.5) is 4.79 Å². The van der Waals surface area contributed by atoms with Gasteiger partial charge in [-0.2, -0.15) is 0 Å². The summed E-state index contributed by atoms with van der Waals surface area (Å²) in [4.78, 5) is 16.3. The van der Waals surface area contributed by atoms with Gasteiger partial charge in [0, 0.05) is 44.9 Å². The van der Waals surface area contributed by atoms with Crippen LogP contribution in [0, 0.1) is 0 Å². The third kappa shape index (κ3) is 3.20. The zero-order chi connectivity index (χ0) is 13.1. The normalized spacial score (nSPS) is 29.2. The first-order valence-corrected chi connectivity index (χ1v) is 7.70. The second-order valence-electron chi connectivity index (χ2n) is 5.97. The van der Waals surface area contributed by atoms with E-state index in [-0.39, 0.29) is 6.03 Å². The van der Waals surface area contributed by atoms with Crippen molar-refractivity contribution in [1.82, 2.24) is 15.1 Å². The fraction of sp³-hybridized carbons (Fsp3) is 0.929. The first-order valence-electron chi connectivity index (χ1n) is 7.70. The molecule has 3 fully saturated rings. The lowest BCUT2D eigenvalue weighted by Gasteiger charge is -2.35. The number of carbonyl (C=O) groups is 1. The van der Waals surface area contributed by atoms with Crippen molar-refractivity contribution in [3.63, 3.8) is 0 Å². The Bertz CT molecular complexity index is 304. The minimum absolute atomic E-state index is 0.264. The molecule has 0 aromatic rings. The maximum Gasteiger partial charge on any atom is 0.319 e. The Balaban J connectivity index is 1.42. The highest BCUT2D eigenvalue weighted by atomic mass is 16.5. The Morgan fingerprint density at radius 3 is 2.26 bits per heavy atom. The fourth-order valence-corrected chi connectivity index (χ4v) is 3.35. The van der Waals surface area contributed by atoms with Crippen molar-refractivity contribution in [2.24, 2.45) is 0 Å². The summed E-state index contributed by atoms with van der Waals surface area (Å²) in [7, 11) is 0. The predicted molar refractivity (Wildman–Crippen MR) is 73.2 cm³/mol. The minimum Gasteiger partial charge on any atom is -0.380 e. The number of nitrogens with one attached hydrogen (secondary N) is 1. The molecule has 108 valence electrons. The van der Waals surface area contributed by atoms with Crippen molar-refractivity contribution in [1.29, 1.82) is 0 Å². The van der Waals surface area contributed by atoms with E-state index in [2.05, 4.69) is 5.32 Å². The van der Waals surface area contributed by atoms with Crippen molar-refractivity contribution >= 4 is 6.03 Å². The Kier molecular flexibility index (Phi) is 4.23. The Hall–Kier alpha value is -0.810. The van der Waals surface area contributed by atoms with Gasteiger partial charge in [0.05, 0.1) is 6.61 Å². The highest BCUT2D eigenvalue weighted by molar-refractivity contribution is 5.74. The molecule has 1 atom stereocenters. The second-order valence-corrected chi connectivity index (χ2v) is 5.97. The van der Waals surface area contributed by atoms with Gasteiger partial charge in [-0.3, -0.25) is 0 Å². The quantitative estimate of drug-likeness (QED) is 0.813. The van der Waals surface area contributed by atoms with Gasteiger partial charge in [0.15, 0.2) is 0 Å². The molecular formula is C14H25N3O2. The van der Waals surface area contributed by atoms with Gasteiger partial charge in [0.25, 0.3) is 0 Å². The van der Waals surface area contributed by atoms with E-state index in [0.29, 0.717) is 12.1 Å². The molecule has 5 heteroatoms. The predicted octanol–water partition coefficient (Wildman–Crippen LogP) is 1.05. The van der Waals surface area contributed by atoms with Gasteiger partial charge in [-0.15, -0.1) is 0 Å². The minimum atomic E-state index is 0.264. The Morgan fingerprint density at radius 1 is 0.947 bits per heavy atom. The van der Waals surface area contributed by atoms with Crippen LogP contribution in [0.25, 0.3) is 0 Å². The highest BCUT2D eigenvalue weighted by Gasteiger charge is 2.29. The summed E-state index contributed by atoms with van der Waals surface area (Å²) in [6.45, 7) is 5.46. The van der Waals surface area contributed by atoms with Gasteiger partial charge < -0.3 is 19.9 Å². The van der Waals surface area contributed by atoms with Gasteiger partial charge >= 0.3 is 6.03 Å². The van der Waals surface area contributed by atoms with E-state index in [1.807, 2.05) is 9.80 Å². The zero-order valence-electron chi connectivity index (χ0n) is 11.6. The molecule has 0 unspecified atom stereocenters. The summed E-state index contributed by atoms with van der Waals surface area (Å²) < 4.78 is 5.39. The van der Waals surface area contributed by atoms with Gasteiger partial charge in [0.2, 0.25) is 0 Å². The van der Waals surface area contributed by atoms with Crippen molar-refractivity contribution in [3.05, 3.63) is 0 Å². The molecule has 1 N–H and O–H groups in total. The smallest absolute Gasteiger partial charge is 0.319 e. The summed E-state index contributed by atoms with van der Waals surface area (Å²) in [5.74, 6) is 0. The van der Waals surface area contributed by atoms with Crippen LogP contribution in [-0.4, -0.2) is 67.3 Å². The van der Waals surface area contributed by atoms with Crippen LogP contribution in [0.5, 0.6) is 0 Å². The van der Waals surface area contributed by atoms with E-state index in [9.17, 15) is 4.79 Å². The van der Waals surface area contributed by atoms with Crippen LogP contribution in [0.2, 0.25) is 0 Å². The van der Waals surface area contributed by atoms with Crippen LogP contribution in [0.15, 0.2) is 0 Å². The molecule has 2 amide bonds. The van der Waals surface area contributed by atoms with E-state index < -0.39 is 0 Å². The summed E-state index contributed by atoms with van der Waals surface area (Å²) in [5.41, 5.74) is 0. The lowest BCUT2D eigenvalue weighted by Crippen LogP contribution is -2.50. The molecule has 3 saturated heterocycles. The van der Waals surface area contributed by atoms with Gasteiger partial charge in [-0.05, 0) is 32.1 Å². The number of likely N-dealkylation sites (tertiary alicyclic amines) is 2. The number of rotatable bonds is 2. The molecule has 0 aromatic carbocycles. The molecule has 0 bridgehead atoms. The van der Waals surface area contributed by atoms with E-state index in [0.717, 1.165) is 58.7 Å². The molecule has 3 aliphatic rings. The van der Waals surface area contributed by atoms with Gasteiger partial charge in [0.1, 0.15) is 0 Å². The lowest BCUT2D eigenvalue weighted by molar-refractivity contribution is 0.141. The van der Waals surface area contributed by atoms with Crippen molar-refractivity contribution in [3.8, 4) is 0 Å². The third-order valence-electron chi connectivity index (χ3n) is 4.54. The standard InChI is InChI=1S/C14H25N3O2/c18-14(16-6-1-2-7-16)17-8-3-12(4-9-17)15-13-5-10-19-11-13/h12-13,15H,1-11H2/t13-/m1/s1. The highest BCUT2D eigenvalue weighted by Crippen LogP contribution is 2.17. The monoisotopic (exact) mass is 267 g/mol. The van der Waals surface area contributed by atoms with E-state index >= 15 is 0 Å². The van der Waals surface area contributed by atoms with Crippen molar-refractivity contribution in [2.45, 2.75) is 44.2 Å². The maximum atomic E-state index is 12.3. The van der Waals surface area contributed by atoms with Gasteiger partial charge in [-0.25, -0.2) is 4.79 Å². The van der Waals surface area contributed by atoms with Gasteiger partial charge in [-0.1, -0.05) is 0 Å². The van der Waals surface area contributed by atoms with Crippen LogP contribution < -0.4 is 5.32 Å². The SMILES string of the molecule is O=C(N1CCCC1)N1CCC(N[C@@H]2CCOC2)CC1. The molecular weight excluding hydrogens is 242 g/mol.